The lowest BCUT2D eigenvalue weighted by Gasteiger charge is -2.06. The first kappa shape index (κ1) is 17.5. The minimum atomic E-state index is 0.209. The van der Waals surface area contributed by atoms with Gasteiger partial charge >= 0.3 is 0 Å². The second kappa shape index (κ2) is 7.40. The van der Waals surface area contributed by atoms with E-state index in [2.05, 4.69) is 22.2 Å². The summed E-state index contributed by atoms with van der Waals surface area (Å²) in [5.41, 5.74) is 0. The van der Waals surface area contributed by atoms with Gasteiger partial charge < -0.3 is 13.9 Å². The second-order valence-electron chi connectivity index (χ2n) is 6.53. The van der Waals surface area contributed by atoms with E-state index in [0.29, 0.717) is 33.9 Å². The first-order valence-corrected chi connectivity index (χ1v) is 9.12. The molecule has 0 spiro atoms. The van der Waals surface area contributed by atoms with Crippen LogP contribution in [0.5, 0.6) is 11.5 Å². The van der Waals surface area contributed by atoms with Crippen LogP contribution in [0.3, 0.4) is 0 Å². The van der Waals surface area contributed by atoms with Crippen LogP contribution in [-0.2, 0) is 6.61 Å². The lowest BCUT2D eigenvalue weighted by atomic mass is 10.3. The van der Waals surface area contributed by atoms with Gasteiger partial charge in [0.25, 0.3) is 0 Å². The van der Waals surface area contributed by atoms with E-state index >= 15 is 0 Å². The number of methoxy groups -OCH3 is 1. The topological polar surface area (TPSA) is 77.6 Å². The van der Waals surface area contributed by atoms with Crippen LogP contribution in [0.1, 0.15) is 36.6 Å². The van der Waals surface area contributed by atoms with E-state index in [4.69, 9.17) is 26.1 Å². The van der Waals surface area contributed by atoms with Crippen LogP contribution in [-0.4, -0.2) is 28.2 Å². The summed E-state index contributed by atoms with van der Waals surface area (Å²) >= 11 is 5.26. The molecular formula is C19H20N4O3S. The molecular weight excluding hydrogens is 364 g/mol. The molecule has 1 saturated carbocycles. The quantitative estimate of drug-likeness (QED) is 0.490. The molecule has 1 aliphatic rings. The van der Waals surface area contributed by atoms with Gasteiger partial charge in [0.1, 0.15) is 29.6 Å². The molecule has 1 fully saturated rings. The summed E-state index contributed by atoms with van der Waals surface area (Å²) in [4.78, 5) is 0. The standard InChI is InChI=1S/C19H20N4O3S/c1-12-8-16(12)17-7-6-15(26-17)10-20-23-18(21-22-19(23)27)11-25-14-5-3-4-13(9-14)24-2/h3-7,9-10,12,16H,8,11H2,1-2H3,(H,22,27)/b20-10-/t12-,16-/m0/s1. The number of aromatic amines is 1. The number of nitrogens with zero attached hydrogens (tertiary/aromatic N) is 3. The third-order valence-electron chi connectivity index (χ3n) is 4.55. The van der Waals surface area contributed by atoms with E-state index in [1.54, 1.807) is 19.4 Å². The minimum Gasteiger partial charge on any atom is -0.497 e. The van der Waals surface area contributed by atoms with Gasteiger partial charge in [-0.1, -0.05) is 13.0 Å². The summed E-state index contributed by atoms with van der Waals surface area (Å²) in [6.07, 6.45) is 2.82. The van der Waals surface area contributed by atoms with Crippen LogP contribution in [0.4, 0.5) is 0 Å². The molecule has 140 valence electrons. The Morgan fingerprint density at radius 3 is 2.96 bits per heavy atom. The summed E-state index contributed by atoms with van der Waals surface area (Å²) in [5, 5.41) is 11.3. The number of benzene rings is 1. The smallest absolute Gasteiger partial charge is 0.216 e. The Labute approximate surface area is 161 Å². The monoisotopic (exact) mass is 384 g/mol. The number of rotatable bonds is 7. The van der Waals surface area contributed by atoms with Crippen molar-refractivity contribution in [3.63, 3.8) is 0 Å². The molecule has 1 aliphatic carbocycles. The molecule has 27 heavy (non-hydrogen) atoms. The molecule has 0 aliphatic heterocycles. The Bertz CT molecular complexity index is 1020. The zero-order valence-electron chi connectivity index (χ0n) is 15.1. The Balaban J connectivity index is 1.46. The Hall–Kier alpha value is -2.87. The Morgan fingerprint density at radius 2 is 2.19 bits per heavy atom. The van der Waals surface area contributed by atoms with Crippen molar-refractivity contribution in [2.75, 3.05) is 7.11 Å². The third-order valence-corrected chi connectivity index (χ3v) is 4.81. The second-order valence-corrected chi connectivity index (χ2v) is 6.92. The SMILES string of the molecule is COc1cccc(OCc2n[nH]c(=S)n2/N=C\c2ccc([C@H]3C[C@@H]3C)o2)c1. The first-order chi connectivity index (χ1) is 13.1. The maximum Gasteiger partial charge on any atom is 0.216 e. The van der Waals surface area contributed by atoms with Crippen molar-refractivity contribution in [2.24, 2.45) is 11.0 Å². The van der Waals surface area contributed by atoms with Gasteiger partial charge in [0.15, 0.2) is 5.82 Å². The fraction of sp³-hybridized carbons (Fsp3) is 0.316. The molecule has 3 aromatic rings. The van der Waals surface area contributed by atoms with Crippen molar-refractivity contribution in [1.82, 2.24) is 14.9 Å². The van der Waals surface area contributed by atoms with Gasteiger partial charge in [-0.2, -0.15) is 14.9 Å². The number of furan rings is 1. The maximum atomic E-state index is 5.84. The zero-order valence-corrected chi connectivity index (χ0v) is 15.9. The summed E-state index contributed by atoms with van der Waals surface area (Å²) in [6, 6.07) is 11.3. The predicted molar refractivity (Wildman–Crippen MR) is 103 cm³/mol. The average molecular weight is 384 g/mol. The number of ether oxygens (including phenoxy) is 2. The summed E-state index contributed by atoms with van der Waals surface area (Å²) < 4.78 is 18.7. The van der Waals surface area contributed by atoms with E-state index < -0.39 is 0 Å². The number of hydrogen-bond donors (Lipinski definition) is 1. The Morgan fingerprint density at radius 1 is 1.37 bits per heavy atom. The van der Waals surface area contributed by atoms with Crippen molar-refractivity contribution in [3.8, 4) is 11.5 Å². The molecule has 1 aromatic carbocycles. The summed E-state index contributed by atoms with van der Waals surface area (Å²) in [7, 11) is 1.61. The Kier molecular flexibility index (Phi) is 4.81. The lowest BCUT2D eigenvalue weighted by molar-refractivity contribution is 0.288. The predicted octanol–water partition coefficient (Wildman–Crippen LogP) is 4.13. The molecule has 0 bridgehead atoms. The molecule has 0 unspecified atom stereocenters. The van der Waals surface area contributed by atoms with E-state index in [1.165, 1.54) is 11.1 Å². The van der Waals surface area contributed by atoms with E-state index in [1.807, 2.05) is 30.3 Å². The molecule has 7 nitrogen and oxygen atoms in total. The largest absolute Gasteiger partial charge is 0.497 e. The highest BCUT2D eigenvalue weighted by Gasteiger charge is 2.36. The van der Waals surface area contributed by atoms with E-state index in [0.717, 1.165) is 11.5 Å². The van der Waals surface area contributed by atoms with Crippen molar-refractivity contribution < 1.29 is 13.9 Å². The molecule has 2 heterocycles. The minimum absolute atomic E-state index is 0.209. The van der Waals surface area contributed by atoms with Crippen molar-refractivity contribution in [3.05, 3.63) is 58.5 Å². The fourth-order valence-corrected chi connectivity index (χ4v) is 3.04. The summed E-state index contributed by atoms with van der Waals surface area (Å²) in [6.45, 7) is 2.43. The van der Waals surface area contributed by atoms with Gasteiger partial charge in [0.2, 0.25) is 4.77 Å². The highest BCUT2D eigenvalue weighted by atomic mass is 32.1. The van der Waals surface area contributed by atoms with Gasteiger partial charge in [-0.3, -0.25) is 0 Å². The number of nitrogens with one attached hydrogen (secondary N) is 1. The van der Waals surface area contributed by atoms with Gasteiger partial charge in [-0.25, -0.2) is 5.10 Å². The normalized spacial score (nSPS) is 18.7. The van der Waals surface area contributed by atoms with Gasteiger partial charge in [0.05, 0.1) is 13.3 Å². The average Bonchev–Trinajstić information content (AvgIpc) is 3.07. The molecule has 8 heteroatoms. The highest BCUT2D eigenvalue weighted by molar-refractivity contribution is 7.71. The fourth-order valence-electron chi connectivity index (χ4n) is 2.85. The van der Waals surface area contributed by atoms with Crippen LogP contribution in [0.15, 0.2) is 45.9 Å². The number of hydrogen-bond acceptors (Lipinski definition) is 6. The van der Waals surface area contributed by atoms with Crippen molar-refractivity contribution >= 4 is 18.4 Å². The highest BCUT2D eigenvalue weighted by Crippen LogP contribution is 2.47. The molecule has 1 N–H and O–H groups in total. The van der Waals surface area contributed by atoms with Gasteiger partial charge in [-0.15, -0.1) is 0 Å². The number of H-pyrrole nitrogens is 1. The van der Waals surface area contributed by atoms with Crippen LogP contribution in [0, 0.1) is 10.7 Å². The zero-order chi connectivity index (χ0) is 18.8. The molecule has 0 radical (unpaired) electrons. The summed E-state index contributed by atoms with van der Waals surface area (Å²) in [5.74, 6) is 4.89. The van der Waals surface area contributed by atoms with E-state index in [9.17, 15) is 0 Å². The van der Waals surface area contributed by atoms with Crippen LogP contribution in [0.25, 0.3) is 0 Å². The third kappa shape index (κ3) is 3.95. The molecule has 2 aromatic heterocycles. The van der Waals surface area contributed by atoms with E-state index in [-0.39, 0.29) is 6.61 Å². The number of aromatic nitrogens is 3. The van der Waals surface area contributed by atoms with Crippen molar-refractivity contribution in [2.45, 2.75) is 25.9 Å². The van der Waals surface area contributed by atoms with Crippen molar-refractivity contribution in [1.29, 1.82) is 0 Å². The van der Waals surface area contributed by atoms with Crippen LogP contribution >= 0.6 is 12.2 Å². The lowest BCUT2D eigenvalue weighted by Crippen LogP contribution is -2.04. The van der Waals surface area contributed by atoms with Gasteiger partial charge in [-0.05, 0) is 48.8 Å². The van der Waals surface area contributed by atoms with Crippen LogP contribution < -0.4 is 9.47 Å². The molecule has 4 rings (SSSR count). The molecule has 0 saturated heterocycles. The maximum absolute atomic E-state index is 5.84. The molecule has 0 amide bonds. The molecule has 2 atom stereocenters. The first-order valence-electron chi connectivity index (χ1n) is 8.71. The van der Waals surface area contributed by atoms with Crippen LogP contribution in [0.2, 0.25) is 0 Å². The van der Waals surface area contributed by atoms with Gasteiger partial charge in [0, 0.05) is 12.0 Å².